The van der Waals surface area contributed by atoms with Gasteiger partial charge in [-0.2, -0.15) is 0 Å². The van der Waals surface area contributed by atoms with Gasteiger partial charge < -0.3 is 10.4 Å². The molecule has 96 valence electrons. The molecule has 0 rings (SSSR count). The van der Waals surface area contributed by atoms with Gasteiger partial charge in [0.1, 0.15) is 0 Å². The molecule has 2 N–H and O–H groups in total. The fourth-order valence-corrected chi connectivity index (χ4v) is 1.70. The van der Waals surface area contributed by atoms with Crippen molar-refractivity contribution in [3.63, 3.8) is 0 Å². The molecule has 0 aliphatic carbocycles. The van der Waals surface area contributed by atoms with Crippen LogP contribution in [-0.2, 0) is 4.79 Å². The van der Waals surface area contributed by atoms with E-state index in [4.69, 9.17) is 5.11 Å². The van der Waals surface area contributed by atoms with Gasteiger partial charge in [-0.3, -0.25) is 4.79 Å². The van der Waals surface area contributed by atoms with E-state index < -0.39 is 0 Å². The van der Waals surface area contributed by atoms with E-state index in [1.54, 1.807) is 0 Å². The van der Waals surface area contributed by atoms with Crippen molar-refractivity contribution >= 4 is 5.91 Å². The van der Waals surface area contributed by atoms with Crippen molar-refractivity contribution < 1.29 is 9.90 Å². The fourth-order valence-electron chi connectivity index (χ4n) is 1.70. The zero-order chi connectivity index (χ0) is 12.1. The summed E-state index contributed by atoms with van der Waals surface area (Å²) in [5.74, 6) is 0.0695. The summed E-state index contributed by atoms with van der Waals surface area (Å²) in [5, 5.41) is 11.2. The van der Waals surface area contributed by atoms with Crippen LogP contribution in [0, 0.1) is 0 Å². The topological polar surface area (TPSA) is 49.3 Å². The Kier molecular flexibility index (Phi) is 12.1. The van der Waals surface area contributed by atoms with Gasteiger partial charge in [-0.15, -0.1) is 0 Å². The maximum Gasteiger partial charge on any atom is 0.220 e. The van der Waals surface area contributed by atoms with Gasteiger partial charge in [0.2, 0.25) is 5.91 Å². The molecule has 16 heavy (non-hydrogen) atoms. The van der Waals surface area contributed by atoms with E-state index in [0.29, 0.717) is 13.0 Å². The standard InChI is InChI=1S/C13H27NO2/c1-2-3-4-5-6-7-8-9-10-13(16)14-11-12-15/h15H,2-12H2,1H3,(H,14,16). The molecule has 0 aromatic rings. The molecule has 0 aromatic heterocycles. The highest BCUT2D eigenvalue weighted by atomic mass is 16.3. The average molecular weight is 229 g/mol. The quantitative estimate of drug-likeness (QED) is 0.535. The van der Waals surface area contributed by atoms with Crippen molar-refractivity contribution in [3.05, 3.63) is 0 Å². The van der Waals surface area contributed by atoms with E-state index in [9.17, 15) is 4.79 Å². The predicted molar refractivity (Wildman–Crippen MR) is 67.3 cm³/mol. The first-order chi connectivity index (χ1) is 7.81. The Balaban J connectivity index is 3.05. The third-order valence-corrected chi connectivity index (χ3v) is 2.69. The first-order valence-electron chi connectivity index (χ1n) is 6.68. The lowest BCUT2D eigenvalue weighted by atomic mass is 10.1. The Bertz CT molecular complexity index is 160. The molecule has 1 amide bonds. The Labute approximate surface area is 99.6 Å². The molecule has 0 saturated carbocycles. The summed E-state index contributed by atoms with van der Waals surface area (Å²) in [6, 6.07) is 0. The number of unbranched alkanes of at least 4 members (excludes halogenated alkanes) is 7. The lowest BCUT2D eigenvalue weighted by Crippen LogP contribution is -2.25. The average Bonchev–Trinajstić information content (AvgIpc) is 2.30. The van der Waals surface area contributed by atoms with Gasteiger partial charge in [0.15, 0.2) is 0 Å². The predicted octanol–water partition coefficient (Wildman–Crippen LogP) is 2.63. The third-order valence-electron chi connectivity index (χ3n) is 2.69. The Morgan fingerprint density at radius 1 is 1.00 bits per heavy atom. The van der Waals surface area contributed by atoms with Crippen LogP contribution in [0.15, 0.2) is 0 Å². The van der Waals surface area contributed by atoms with Crippen LogP contribution in [0.2, 0.25) is 0 Å². The number of rotatable bonds is 11. The number of amides is 1. The van der Waals surface area contributed by atoms with Crippen molar-refractivity contribution in [1.82, 2.24) is 5.32 Å². The van der Waals surface area contributed by atoms with E-state index in [2.05, 4.69) is 12.2 Å². The summed E-state index contributed by atoms with van der Waals surface area (Å²) >= 11 is 0. The van der Waals surface area contributed by atoms with Crippen LogP contribution in [0.25, 0.3) is 0 Å². The number of hydrogen-bond acceptors (Lipinski definition) is 2. The van der Waals surface area contributed by atoms with E-state index in [0.717, 1.165) is 12.8 Å². The van der Waals surface area contributed by atoms with Crippen molar-refractivity contribution in [2.45, 2.75) is 64.7 Å². The van der Waals surface area contributed by atoms with Crippen LogP contribution < -0.4 is 5.32 Å². The molecule has 0 radical (unpaired) electrons. The number of carbonyl (C=O) groups is 1. The minimum absolute atomic E-state index is 0.0309. The van der Waals surface area contributed by atoms with E-state index in [-0.39, 0.29) is 12.5 Å². The SMILES string of the molecule is CCCCCCCCCCC(=O)NCCO. The van der Waals surface area contributed by atoms with Crippen LogP contribution in [-0.4, -0.2) is 24.2 Å². The lowest BCUT2D eigenvalue weighted by molar-refractivity contribution is -0.121. The Hall–Kier alpha value is -0.570. The molecule has 0 aliphatic heterocycles. The number of aliphatic hydroxyl groups is 1. The highest BCUT2D eigenvalue weighted by molar-refractivity contribution is 5.75. The van der Waals surface area contributed by atoms with Crippen LogP contribution in [0.5, 0.6) is 0 Å². The maximum atomic E-state index is 11.2. The first kappa shape index (κ1) is 15.4. The molecule has 3 heteroatoms. The number of carbonyl (C=O) groups excluding carboxylic acids is 1. The molecule has 0 unspecified atom stereocenters. The molecule has 0 atom stereocenters. The molecule has 0 saturated heterocycles. The Morgan fingerprint density at radius 2 is 1.56 bits per heavy atom. The van der Waals surface area contributed by atoms with Gasteiger partial charge in [-0.25, -0.2) is 0 Å². The third kappa shape index (κ3) is 11.5. The molecule has 0 bridgehead atoms. The highest BCUT2D eigenvalue weighted by Gasteiger charge is 1.99. The second-order valence-electron chi connectivity index (χ2n) is 4.30. The van der Waals surface area contributed by atoms with Crippen molar-refractivity contribution in [3.8, 4) is 0 Å². The zero-order valence-corrected chi connectivity index (χ0v) is 10.6. The second-order valence-corrected chi connectivity index (χ2v) is 4.30. The molecule has 0 fully saturated rings. The van der Waals surface area contributed by atoms with Crippen LogP contribution in [0.4, 0.5) is 0 Å². The van der Waals surface area contributed by atoms with Crippen molar-refractivity contribution in [2.24, 2.45) is 0 Å². The molecule has 0 aromatic carbocycles. The second kappa shape index (κ2) is 12.5. The molecule has 3 nitrogen and oxygen atoms in total. The lowest BCUT2D eigenvalue weighted by Gasteiger charge is -2.03. The van der Waals surface area contributed by atoms with Crippen LogP contribution in [0.3, 0.4) is 0 Å². The first-order valence-corrected chi connectivity index (χ1v) is 6.68. The summed E-state index contributed by atoms with van der Waals surface area (Å²) in [5.41, 5.74) is 0. The van der Waals surface area contributed by atoms with Crippen LogP contribution >= 0.6 is 0 Å². The normalized spacial score (nSPS) is 10.4. The largest absolute Gasteiger partial charge is 0.395 e. The maximum absolute atomic E-state index is 11.2. The number of hydrogen-bond donors (Lipinski definition) is 2. The van der Waals surface area contributed by atoms with E-state index in [1.165, 1.54) is 38.5 Å². The molecular weight excluding hydrogens is 202 g/mol. The molecule has 0 heterocycles. The number of aliphatic hydroxyl groups excluding tert-OH is 1. The van der Waals surface area contributed by atoms with Gasteiger partial charge in [-0.05, 0) is 6.42 Å². The summed E-state index contributed by atoms with van der Waals surface area (Å²) in [6.45, 7) is 2.64. The van der Waals surface area contributed by atoms with Gasteiger partial charge in [0.05, 0.1) is 6.61 Å². The summed E-state index contributed by atoms with van der Waals surface area (Å²) < 4.78 is 0. The van der Waals surface area contributed by atoms with Gasteiger partial charge >= 0.3 is 0 Å². The molecule has 0 spiro atoms. The fraction of sp³-hybridized carbons (Fsp3) is 0.923. The minimum Gasteiger partial charge on any atom is -0.395 e. The van der Waals surface area contributed by atoms with Crippen LogP contribution in [0.1, 0.15) is 64.7 Å². The van der Waals surface area contributed by atoms with Crippen molar-refractivity contribution in [2.75, 3.05) is 13.2 Å². The molecular formula is C13H27NO2. The minimum atomic E-state index is 0.0309. The van der Waals surface area contributed by atoms with Gasteiger partial charge in [-0.1, -0.05) is 51.9 Å². The highest BCUT2D eigenvalue weighted by Crippen LogP contribution is 2.09. The summed E-state index contributed by atoms with van der Waals surface area (Å²) in [6.07, 6.45) is 10.6. The van der Waals surface area contributed by atoms with E-state index >= 15 is 0 Å². The Morgan fingerprint density at radius 3 is 2.12 bits per heavy atom. The summed E-state index contributed by atoms with van der Waals surface area (Å²) in [7, 11) is 0. The van der Waals surface area contributed by atoms with Crippen molar-refractivity contribution in [1.29, 1.82) is 0 Å². The monoisotopic (exact) mass is 229 g/mol. The molecule has 0 aliphatic rings. The smallest absolute Gasteiger partial charge is 0.220 e. The summed E-state index contributed by atoms with van der Waals surface area (Å²) in [4.78, 5) is 11.2. The number of nitrogens with one attached hydrogen (secondary N) is 1. The van der Waals surface area contributed by atoms with Gasteiger partial charge in [0.25, 0.3) is 0 Å². The van der Waals surface area contributed by atoms with E-state index in [1.807, 2.05) is 0 Å². The zero-order valence-electron chi connectivity index (χ0n) is 10.6. The van der Waals surface area contributed by atoms with Gasteiger partial charge in [0, 0.05) is 13.0 Å².